The van der Waals surface area contributed by atoms with Crippen LogP contribution >= 0.6 is 12.6 Å². The van der Waals surface area contributed by atoms with Crippen molar-refractivity contribution in [3.63, 3.8) is 0 Å². The van der Waals surface area contributed by atoms with Gasteiger partial charge in [-0.05, 0) is 25.7 Å². The normalized spacial score (nSPS) is 17.8. The molecular weight excluding hydrogens is 478 g/mol. The minimum absolute atomic E-state index is 0.0531. The molecule has 0 aromatic carbocycles. The first kappa shape index (κ1) is 27.9. The zero-order chi connectivity index (χ0) is 26.0. The van der Waals surface area contributed by atoms with E-state index in [2.05, 4.69) is 38.2 Å². The number of carboxylic acids is 1. The van der Waals surface area contributed by atoms with Crippen molar-refractivity contribution >= 4 is 42.3 Å². The van der Waals surface area contributed by atoms with Gasteiger partial charge in [0.1, 0.15) is 18.1 Å². The third kappa shape index (κ3) is 8.43. The number of amides is 3. The molecule has 1 aliphatic rings. The fourth-order valence-corrected chi connectivity index (χ4v) is 3.95. The standard InChI is InChI=1S/C20H33N9O5S/c21-12(3-1-5-25-20(22)23)16(30)27-13(7-11-8-24-10-26-11)17(31)28-14(9-35)18(32)29-6-2-4-15(29)19(33)34/h8,10,12-15,35H,1-7,9,21H2,(H,24,26)(H,27,30)(H,28,31)(H,33,34)(H4,22,23,25). The van der Waals surface area contributed by atoms with Crippen LogP contribution in [0.2, 0.25) is 0 Å². The predicted octanol–water partition coefficient (Wildman–Crippen LogP) is -2.69. The molecule has 0 aliphatic carbocycles. The minimum atomic E-state index is -1.10. The molecule has 4 atom stereocenters. The molecule has 194 valence electrons. The van der Waals surface area contributed by atoms with E-state index in [0.717, 1.165) is 0 Å². The van der Waals surface area contributed by atoms with Crippen LogP contribution in [0.25, 0.3) is 0 Å². The zero-order valence-electron chi connectivity index (χ0n) is 19.2. The molecule has 35 heavy (non-hydrogen) atoms. The summed E-state index contributed by atoms with van der Waals surface area (Å²) in [7, 11) is 0. The summed E-state index contributed by atoms with van der Waals surface area (Å²) in [6.45, 7) is 0.583. The number of carbonyl (C=O) groups excluding carboxylic acids is 3. The van der Waals surface area contributed by atoms with Gasteiger partial charge in [-0.1, -0.05) is 0 Å². The Hall–Kier alpha value is -3.33. The van der Waals surface area contributed by atoms with Gasteiger partial charge in [-0.15, -0.1) is 0 Å². The van der Waals surface area contributed by atoms with Crippen LogP contribution in [0.5, 0.6) is 0 Å². The summed E-state index contributed by atoms with van der Waals surface area (Å²) in [5, 5.41) is 14.6. The number of carbonyl (C=O) groups is 4. The number of nitrogens with zero attached hydrogens (tertiary/aromatic N) is 3. The first-order valence-electron chi connectivity index (χ1n) is 11.2. The molecule has 1 aromatic heterocycles. The lowest BCUT2D eigenvalue weighted by Gasteiger charge is -2.28. The SMILES string of the molecule is NC(N)=NCCCC(N)C(=O)NC(Cc1cnc[nH]1)C(=O)NC(CS)C(=O)N1CCCC1C(=O)O. The molecule has 1 fully saturated rings. The number of rotatable bonds is 13. The summed E-state index contributed by atoms with van der Waals surface area (Å²) >= 11 is 4.16. The summed E-state index contributed by atoms with van der Waals surface area (Å²) in [6, 6.07) is -4.00. The second-order valence-corrected chi connectivity index (χ2v) is 8.53. The highest BCUT2D eigenvalue weighted by molar-refractivity contribution is 7.80. The van der Waals surface area contributed by atoms with E-state index in [1.807, 2.05) is 0 Å². The molecule has 2 heterocycles. The van der Waals surface area contributed by atoms with E-state index < -0.39 is 47.9 Å². The summed E-state index contributed by atoms with van der Waals surface area (Å²) in [4.78, 5) is 62.0. The molecule has 10 N–H and O–H groups in total. The average molecular weight is 512 g/mol. The number of guanidine groups is 1. The largest absolute Gasteiger partial charge is 0.480 e. The van der Waals surface area contributed by atoms with E-state index in [-0.39, 0.29) is 31.1 Å². The van der Waals surface area contributed by atoms with Gasteiger partial charge in [0.25, 0.3) is 0 Å². The van der Waals surface area contributed by atoms with Crippen molar-refractivity contribution in [3.05, 3.63) is 18.2 Å². The smallest absolute Gasteiger partial charge is 0.326 e. The highest BCUT2D eigenvalue weighted by Crippen LogP contribution is 2.19. The van der Waals surface area contributed by atoms with Crippen LogP contribution in [0, 0.1) is 0 Å². The summed E-state index contributed by atoms with van der Waals surface area (Å²) in [5.74, 6) is -2.95. The molecule has 4 unspecified atom stereocenters. The van der Waals surface area contributed by atoms with Crippen molar-refractivity contribution in [2.24, 2.45) is 22.2 Å². The Morgan fingerprint density at radius 1 is 1.26 bits per heavy atom. The van der Waals surface area contributed by atoms with Gasteiger partial charge in [0, 0.05) is 37.2 Å². The topological polar surface area (TPSA) is 235 Å². The molecular formula is C20H33N9O5S. The lowest BCUT2D eigenvalue weighted by molar-refractivity contribution is -0.149. The average Bonchev–Trinajstić information content (AvgIpc) is 3.51. The van der Waals surface area contributed by atoms with Gasteiger partial charge >= 0.3 is 5.97 Å². The molecule has 2 rings (SSSR count). The van der Waals surface area contributed by atoms with E-state index in [4.69, 9.17) is 17.2 Å². The number of aliphatic imine (C=N–C) groups is 1. The number of aromatic nitrogens is 2. The number of thiol groups is 1. The number of H-pyrrole nitrogens is 1. The number of nitrogens with one attached hydrogen (secondary N) is 3. The highest BCUT2D eigenvalue weighted by Gasteiger charge is 2.38. The monoisotopic (exact) mass is 511 g/mol. The number of aromatic amines is 1. The van der Waals surface area contributed by atoms with E-state index >= 15 is 0 Å². The van der Waals surface area contributed by atoms with Crippen molar-refractivity contribution in [1.82, 2.24) is 25.5 Å². The van der Waals surface area contributed by atoms with E-state index in [0.29, 0.717) is 31.5 Å². The third-order valence-corrected chi connectivity index (χ3v) is 5.90. The van der Waals surface area contributed by atoms with Gasteiger partial charge in [-0.2, -0.15) is 12.6 Å². The number of aliphatic carboxylic acids is 1. The van der Waals surface area contributed by atoms with Crippen LogP contribution in [0.4, 0.5) is 0 Å². The Morgan fingerprint density at radius 3 is 2.57 bits per heavy atom. The number of imidazole rings is 1. The van der Waals surface area contributed by atoms with Crippen molar-refractivity contribution < 1.29 is 24.3 Å². The van der Waals surface area contributed by atoms with Gasteiger partial charge in [0.15, 0.2) is 5.96 Å². The number of hydrogen-bond acceptors (Lipinski definition) is 8. The Balaban J connectivity index is 2.06. The maximum Gasteiger partial charge on any atom is 0.326 e. The Labute approximate surface area is 207 Å². The Kier molecular flexibility index (Phi) is 10.8. The van der Waals surface area contributed by atoms with Crippen molar-refractivity contribution in [2.45, 2.75) is 56.3 Å². The number of carboxylic acid groups (broad SMARTS) is 1. The lowest BCUT2D eigenvalue weighted by atomic mass is 10.1. The maximum absolute atomic E-state index is 13.1. The first-order valence-corrected chi connectivity index (χ1v) is 11.8. The maximum atomic E-state index is 13.1. The fraction of sp³-hybridized carbons (Fsp3) is 0.600. The van der Waals surface area contributed by atoms with Gasteiger partial charge in [0.2, 0.25) is 17.7 Å². The van der Waals surface area contributed by atoms with Crippen molar-refractivity contribution in [3.8, 4) is 0 Å². The number of hydrogen-bond donors (Lipinski definition) is 8. The molecule has 14 nitrogen and oxygen atoms in total. The molecule has 1 aliphatic heterocycles. The molecule has 1 aromatic rings. The summed E-state index contributed by atoms with van der Waals surface area (Å²) in [6.07, 6.45) is 4.63. The van der Waals surface area contributed by atoms with Crippen LogP contribution in [0.3, 0.4) is 0 Å². The second-order valence-electron chi connectivity index (χ2n) is 8.17. The van der Waals surface area contributed by atoms with Gasteiger partial charge in [-0.25, -0.2) is 9.78 Å². The van der Waals surface area contributed by atoms with Crippen LogP contribution < -0.4 is 27.8 Å². The molecule has 1 saturated heterocycles. The third-order valence-electron chi connectivity index (χ3n) is 5.53. The number of likely N-dealkylation sites (tertiary alicyclic amines) is 1. The quantitative estimate of drug-likeness (QED) is 0.0594. The lowest BCUT2D eigenvalue weighted by Crippen LogP contribution is -2.58. The summed E-state index contributed by atoms with van der Waals surface area (Å²) < 4.78 is 0. The molecule has 3 amide bonds. The summed E-state index contributed by atoms with van der Waals surface area (Å²) in [5.41, 5.74) is 17.1. The van der Waals surface area contributed by atoms with Crippen LogP contribution in [-0.2, 0) is 25.6 Å². The molecule has 0 spiro atoms. The second kappa shape index (κ2) is 13.5. The fourth-order valence-electron chi connectivity index (χ4n) is 3.70. The molecule has 0 radical (unpaired) electrons. The van der Waals surface area contributed by atoms with Crippen LogP contribution in [0.15, 0.2) is 17.5 Å². The highest BCUT2D eigenvalue weighted by atomic mass is 32.1. The van der Waals surface area contributed by atoms with Crippen LogP contribution in [-0.4, -0.2) is 92.6 Å². The van der Waals surface area contributed by atoms with Crippen LogP contribution in [0.1, 0.15) is 31.4 Å². The van der Waals surface area contributed by atoms with Crippen molar-refractivity contribution in [1.29, 1.82) is 0 Å². The molecule has 0 saturated carbocycles. The van der Waals surface area contributed by atoms with E-state index in [1.54, 1.807) is 0 Å². The Morgan fingerprint density at radius 2 is 1.97 bits per heavy atom. The molecule has 15 heteroatoms. The van der Waals surface area contributed by atoms with Gasteiger partial charge in [0.05, 0.1) is 12.4 Å². The Bertz CT molecular complexity index is 907. The van der Waals surface area contributed by atoms with E-state index in [9.17, 15) is 24.3 Å². The first-order chi connectivity index (χ1) is 16.6. The van der Waals surface area contributed by atoms with Crippen molar-refractivity contribution in [2.75, 3.05) is 18.8 Å². The zero-order valence-corrected chi connectivity index (χ0v) is 20.1. The minimum Gasteiger partial charge on any atom is -0.480 e. The predicted molar refractivity (Wildman–Crippen MR) is 130 cm³/mol. The van der Waals surface area contributed by atoms with E-state index in [1.165, 1.54) is 17.4 Å². The number of nitrogens with two attached hydrogens (primary N) is 3. The van der Waals surface area contributed by atoms with Gasteiger partial charge in [-0.3, -0.25) is 19.4 Å². The molecule has 0 bridgehead atoms. The van der Waals surface area contributed by atoms with Gasteiger partial charge < -0.3 is 42.8 Å².